The molecule has 5 heteroatoms. The summed E-state index contributed by atoms with van der Waals surface area (Å²) in [5, 5.41) is 9.11. The summed E-state index contributed by atoms with van der Waals surface area (Å²) < 4.78 is 9.56. The average molecular weight is 227 g/mol. The highest BCUT2D eigenvalue weighted by atomic mass is 16.7. The molecule has 5 nitrogen and oxygen atoms in total. The number of aliphatic hydroxyl groups is 1. The third kappa shape index (κ3) is 5.87. The average Bonchev–Trinajstić information content (AvgIpc) is 2.23. The second-order valence-corrected chi connectivity index (χ2v) is 3.07. The van der Waals surface area contributed by atoms with Crippen molar-refractivity contribution in [3.63, 3.8) is 0 Å². The van der Waals surface area contributed by atoms with Crippen LogP contribution in [0.2, 0.25) is 0 Å². The normalized spacial score (nSPS) is 15.6. The van der Waals surface area contributed by atoms with Gasteiger partial charge in [0, 0.05) is 0 Å². The smallest absolute Gasteiger partial charge is 0.428 e. The number of ether oxygens (including phenoxy) is 2. The van der Waals surface area contributed by atoms with Crippen LogP contribution < -0.4 is 5.73 Å². The fourth-order valence-corrected chi connectivity index (χ4v) is 0.665. The fourth-order valence-electron chi connectivity index (χ4n) is 0.665. The van der Waals surface area contributed by atoms with Crippen LogP contribution in [0, 0.1) is 0 Å². The maximum Gasteiger partial charge on any atom is 0.514 e. The predicted octanol–water partition coefficient (Wildman–Crippen LogP) is 1.45. The molecule has 90 valence electrons. The van der Waals surface area contributed by atoms with Crippen molar-refractivity contribution in [3.05, 3.63) is 36.8 Å². The largest absolute Gasteiger partial charge is 0.514 e. The third-order valence-electron chi connectivity index (χ3n) is 1.74. The molecule has 3 N–H and O–H groups in total. The van der Waals surface area contributed by atoms with Crippen molar-refractivity contribution in [1.82, 2.24) is 0 Å². The highest BCUT2D eigenvalue weighted by Crippen LogP contribution is 2.05. The molecule has 0 saturated carbocycles. The molecule has 0 aliphatic carbocycles. The summed E-state index contributed by atoms with van der Waals surface area (Å²) >= 11 is 0. The van der Waals surface area contributed by atoms with Crippen LogP contribution in [0.1, 0.15) is 13.8 Å². The predicted molar refractivity (Wildman–Crippen MR) is 60.3 cm³/mol. The monoisotopic (exact) mass is 227 g/mol. The summed E-state index contributed by atoms with van der Waals surface area (Å²) in [4.78, 5) is 11.2. The van der Waals surface area contributed by atoms with Crippen LogP contribution in [0.3, 0.4) is 0 Å². The van der Waals surface area contributed by atoms with Crippen molar-refractivity contribution in [2.24, 2.45) is 5.73 Å². The van der Waals surface area contributed by atoms with Gasteiger partial charge in [-0.3, -0.25) is 0 Å². The van der Waals surface area contributed by atoms with E-state index >= 15 is 0 Å². The number of carbonyl (C=O) groups is 1. The second kappa shape index (κ2) is 7.53. The molecule has 2 unspecified atom stereocenters. The number of hydrogen-bond donors (Lipinski definition) is 2. The van der Waals surface area contributed by atoms with E-state index in [0.717, 1.165) is 0 Å². The molecule has 0 aliphatic rings. The second-order valence-electron chi connectivity index (χ2n) is 3.07. The van der Waals surface area contributed by atoms with Crippen molar-refractivity contribution in [1.29, 1.82) is 0 Å². The Kier molecular flexibility index (Phi) is 6.71. The van der Waals surface area contributed by atoms with Gasteiger partial charge in [0.1, 0.15) is 11.9 Å². The zero-order valence-electron chi connectivity index (χ0n) is 9.42. The van der Waals surface area contributed by atoms with E-state index in [4.69, 9.17) is 20.3 Å². The minimum atomic E-state index is -0.898. The zero-order chi connectivity index (χ0) is 12.6. The zero-order valence-corrected chi connectivity index (χ0v) is 9.42. The molecule has 2 atom stereocenters. The first-order chi connectivity index (χ1) is 7.51. The van der Waals surface area contributed by atoms with Gasteiger partial charge in [-0.2, -0.15) is 0 Å². The number of rotatable bonds is 5. The van der Waals surface area contributed by atoms with Gasteiger partial charge in [0.2, 0.25) is 0 Å². The lowest BCUT2D eigenvalue weighted by Gasteiger charge is -2.15. The maximum atomic E-state index is 11.2. The van der Waals surface area contributed by atoms with Gasteiger partial charge in [0.15, 0.2) is 0 Å². The molecule has 0 bridgehead atoms. The highest BCUT2D eigenvalue weighted by molar-refractivity contribution is 5.62. The molecule has 0 amide bonds. The number of allylic oxidation sites excluding steroid dienone is 3. The number of nitrogens with two attached hydrogens (primary N) is 1. The Bertz CT molecular complexity index is 294. The van der Waals surface area contributed by atoms with E-state index in [0.29, 0.717) is 0 Å². The Morgan fingerprint density at radius 3 is 2.56 bits per heavy atom. The SMILES string of the molecule is C=C/C(=C\C=C\N)OC(=O)OC(C)C(C)O. The number of hydrogen-bond acceptors (Lipinski definition) is 5. The third-order valence-corrected chi connectivity index (χ3v) is 1.74. The lowest BCUT2D eigenvalue weighted by Crippen LogP contribution is -2.26. The quantitative estimate of drug-likeness (QED) is 0.422. The van der Waals surface area contributed by atoms with Gasteiger partial charge in [0.25, 0.3) is 0 Å². The van der Waals surface area contributed by atoms with Crippen molar-refractivity contribution < 1.29 is 19.4 Å². The summed E-state index contributed by atoms with van der Waals surface area (Å²) in [5.74, 6) is 0.212. The summed E-state index contributed by atoms with van der Waals surface area (Å²) in [6.07, 6.45) is 3.29. The van der Waals surface area contributed by atoms with Crippen molar-refractivity contribution in [2.45, 2.75) is 26.1 Å². The Labute approximate surface area is 94.8 Å². The van der Waals surface area contributed by atoms with E-state index in [-0.39, 0.29) is 5.76 Å². The molecule has 0 aliphatic heterocycles. The van der Waals surface area contributed by atoms with Gasteiger partial charge in [-0.25, -0.2) is 4.79 Å². The van der Waals surface area contributed by atoms with Gasteiger partial charge >= 0.3 is 6.16 Å². The summed E-state index contributed by atoms with van der Waals surface area (Å²) in [6.45, 7) is 6.53. The minimum Gasteiger partial charge on any atom is -0.428 e. The highest BCUT2D eigenvalue weighted by Gasteiger charge is 2.15. The van der Waals surface area contributed by atoms with Gasteiger partial charge in [0.05, 0.1) is 6.10 Å². The number of aliphatic hydroxyl groups excluding tert-OH is 1. The molecular weight excluding hydrogens is 210 g/mol. The van der Waals surface area contributed by atoms with E-state index < -0.39 is 18.4 Å². The van der Waals surface area contributed by atoms with Crippen molar-refractivity contribution >= 4 is 6.16 Å². The summed E-state index contributed by atoms with van der Waals surface area (Å²) in [5.41, 5.74) is 5.12. The molecule has 0 saturated heterocycles. The lowest BCUT2D eigenvalue weighted by atomic mass is 10.3. The topological polar surface area (TPSA) is 81.8 Å². The fraction of sp³-hybridized carbons (Fsp3) is 0.364. The van der Waals surface area contributed by atoms with E-state index in [1.807, 2.05) is 0 Å². The molecular formula is C11H17NO4. The standard InChI is InChI=1S/C11H17NO4/c1-4-10(6-5-7-12)16-11(14)15-9(3)8(2)13/h4-9,13H,1,12H2,2-3H3/b7-5+,10-6+. The van der Waals surface area contributed by atoms with Gasteiger partial charge < -0.3 is 20.3 Å². The molecule has 0 aromatic rings. The molecule has 0 heterocycles. The summed E-state index contributed by atoms with van der Waals surface area (Å²) in [7, 11) is 0. The van der Waals surface area contributed by atoms with Crippen LogP contribution in [-0.2, 0) is 9.47 Å². The number of carbonyl (C=O) groups excluding carboxylic acids is 1. The molecule has 0 aromatic heterocycles. The first-order valence-electron chi connectivity index (χ1n) is 4.78. The van der Waals surface area contributed by atoms with E-state index in [1.165, 1.54) is 31.4 Å². The van der Waals surface area contributed by atoms with Gasteiger partial charge in [-0.1, -0.05) is 6.58 Å². The molecule has 0 spiro atoms. The Balaban J connectivity index is 4.27. The Morgan fingerprint density at radius 1 is 1.50 bits per heavy atom. The van der Waals surface area contributed by atoms with E-state index in [2.05, 4.69) is 6.58 Å². The van der Waals surface area contributed by atoms with Gasteiger partial charge in [-0.15, -0.1) is 0 Å². The first kappa shape index (κ1) is 14.2. The molecule has 0 radical (unpaired) electrons. The van der Waals surface area contributed by atoms with Crippen molar-refractivity contribution in [2.75, 3.05) is 0 Å². The van der Waals surface area contributed by atoms with E-state index in [1.54, 1.807) is 6.92 Å². The molecule has 0 fully saturated rings. The van der Waals surface area contributed by atoms with Crippen LogP contribution in [0.15, 0.2) is 36.8 Å². The van der Waals surface area contributed by atoms with Gasteiger partial charge in [-0.05, 0) is 38.3 Å². The van der Waals surface area contributed by atoms with Crippen molar-refractivity contribution in [3.8, 4) is 0 Å². The minimum absolute atomic E-state index is 0.212. The summed E-state index contributed by atoms with van der Waals surface area (Å²) in [6, 6.07) is 0. The Hall–Kier alpha value is -1.75. The molecule has 16 heavy (non-hydrogen) atoms. The van der Waals surface area contributed by atoms with E-state index in [9.17, 15) is 4.79 Å². The maximum absolute atomic E-state index is 11.2. The lowest BCUT2D eigenvalue weighted by molar-refractivity contribution is -0.00667. The Morgan fingerprint density at radius 2 is 2.12 bits per heavy atom. The molecule has 0 aromatic carbocycles. The first-order valence-corrected chi connectivity index (χ1v) is 4.78. The molecule has 0 rings (SSSR count). The van der Waals surface area contributed by atoms with Crippen LogP contribution in [0.4, 0.5) is 4.79 Å². The van der Waals surface area contributed by atoms with Crippen LogP contribution in [0.5, 0.6) is 0 Å². The van der Waals surface area contributed by atoms with Crippen LogP contribution >= 0.6 is 0 Å². The van der Waals surface area contributed by atoms with Crippen LogP contribution in [0.25, 0.3) is 0 Å². The van der Waals surface area contributed by atoms with Crippen LogP contribution in [-0.4, -0.2) is 23.5 Å².